The molecule has 0 heterocycles. The van der Waals surface area contributed by atoms with Crippen molar-refractivity contribution in [2.24, 2.45) is 0 Å². The molecule has 0 aromatic carbocycles. The fourth-order valence-electron chi connectivity index (χ4n) is 0.918. The van der Waals surface area contributed by atoms with E-state index in [0.717, 1.165) is 12.2 Å². The van der Waals surface area contributed by atoms with Gasteiger partial charge < -0.3 is 14.8 Å². The Morgan fingerprint density at radius 2 is 1.72 bits per heavy atom. The zero-order valence-corrected chi connectivity index (χ0v) is 11.3. The summed E-state index contributed by atoms with van der Waals surface area (Å²) < 4.78 is 9.32. The Kier molecular flexibility index (Phi) is 6.08. The van der Waals surface area contributed by atoms with Crippen LogP contribution < -0.4 is 5.32 Å². The first-order valence-corrected chi connectivity index (χ1v) is 5.45. The van der Waals surface area contributed by atoms with Crippen molar-refractivity contribution in [2.45, 2.75) is 39.3 Å². The van der Waals surface area contributed by atoms with Gasteiger partial charge in [-0.25, -0.2) is 9.59 Å². The van der Waals surface area contributed by atoms with E-state index in [-0.39, 0.29) is 0 Å². The van der Waals surface area contributed by atoms with Gasteiger partial charge >= 0.3 is 12.1 Å². The number of esters is 1. The van der Waals surface area contributed by atoms with Crippen molar-refractivity contribution in [3.8, 4) is 0 Å². The zero-order valence-electron chi connectivity index (χ0n) is 11.3. The summed E-state index contributed by atoms with van der Waals surface area (Å²) in [4.78, 5) is 33.6. The summed E-state index contributed by atoms with van der Waals surface area (Å²) >= 11 is 0. The SMILES string of the molecule is COC(=O)/C=C/C(=O)[C@H](C)NC(=O)OC(C)(C)C. The third kappa shape index (κ3) is 7.43. The molecule has 0 aliphatic heterocycles. The van der Waals surface area contributed by atoms with Crippen LogP contribution in [0.15, 0.2) is 12.2 Å². The van der Waals surface area contributed by atoms with E-state index < -0.39 is 29.5 Å². The molecule has 6 heteroatoms. The molecule has 0 saturated heterocycles. The second kappa shape index (κ2) is 6.78. The number of carbonyl (C=O) groups is 3. The van der Waals surface area contributed by atoms with Gasteiger partial charge in [0.1, 0.15) is 5.60 Å². The Hall–Kier alpha value is -1.85. The van der Waals surface area contributed by atoms with Crippen molar-refractivity contribution < 1.29 is 23.9 Å². The van der Waals surface area contributed by atoms with Crippen LogP contribution in [0, 0.1) is 0 Å². The maximum atomic E-state index is 11.5. The normalized spacial score (nSPS) is 12.9. The van der Waals surface area contributed by atoms with Crippen LogP contribution in [0.2, 0.25) is 0 Å². The zero-order chi connectivity index (χ0) is 14.3. The van der Waals surface area contributed by atoms with Crippen molar-refractivity contribution in [2.75, 3.05) is 7.11 Å². The van der Waals surface area contributed by atoms with Crippen molar-refractivity contribution in [1.82, 2.24) is 5.32 Å². The lowest BCUT2D eigenvalue weighted by Gasteiger charge is -2.21. The minimum absolute atomic E-state index is 0.425. The van der Waals surface area contributed by atoms with E-state index >= 15 is 0 Å². The highest BCUT2D eigenvalue weighted by Crippen LogP contribution is 2.06. The van der Waals surface area contributed by atoms with Crippen molar-refractivity contribution in [1.29, 1.82) is 0 Å². The smallest absolute Gasteiger partial charge is 0.408 e. The maximum Gasteiger partial charge on any atom is 0.408 e. The lowest BCUT2D eigenvalue weighted by atomic mass is 10.2. The number of alkyl carbamates (subject to hydrolysis) is 1. The van der Waals surface area contributed by atoms with E-state index in [1.165, 1.54) is 14.0 Å². The van der Waals surface area contributed by atoms with Gasteiger partial charge in [0.25, 0.3) is 0 Å². The van der Waals surface area contributed by atoms with Crippen molar-refractivity contribution in [3.63, 3.8) is 0 Å². The summed E-state index contributed by atoms with van der Waals surface area (Å²) in [7, 11) is 1.21. The van der Waals surface area contributed by atoms with Crippen LogP contribution >= 0.6 is 0 Å². The van der Waals surface area contributed by atoms with Gasteiger partial charge in [-0.05, 0) is 33.8 Å². The van der Waals surface area contributed by atoms with Crippen LogP contribution in [0.3, 0.4) is 0 Å². The third-order valence-electron chi connectivity index (χ3n) is 1.74. The number of ether oxygens (including phenoxy) is 2. The molecular formula is C12H19NO5. The van der Waals surface area contributed by atoms with Crippen LogP contribution in [0.4, 0.5) is 4.79 Å². The predicted molar refractivity (Wildman–Crippen MR) is 65.0 cm³/mol. The van der Waals surface area contributed by atoms with Crippen LogP contribution in [-0.2, 0) is 19.1 Å². The molecule has 0 aliphatic carbocycles. The lowest BCUT2D eigenvalue weighted by Crippen LogP contribution is -2.41. The molecule has 0 saturated carbocycles. The van der Waals surface area contributed by atoms with E-state index in [9.17, 15) is 14.4 Å². The number of carbonyl (C=O) groups excluding carboxylic acids is 3. The van der Waals surface area contributed by atoms with Gasteiger partial charge in [0.15, 0.2) is 5.78 Å². The van der Waals surface area contributed by atoms with Crippen molar-refractivity contribution >= 4 is 17.8 Å². The Bertz CT molecular complexity index is 354. The molecule has 102 valence electrons. The second-order valence-corrected chi connectivity index (χ2v) is 4.63. The van der Waals surface area contributed by atoms with Crippen molar-refractivity contribution in [3.05, 3.63) is 12.2 Å². The Morgan fingerprint density at radius 1 is 1.17 bits per heavy atom. The molecule has 0 fully saturated rings. The van der Waals surface area contributed by atoms with E-state index in [1.54, 1.807) is 20.8 Å². The van der Waals surface area contributed by atoms with Crippen LogP contribution in [-0.4, -0.2) is 36.6 Å². The molecule has 0 radical (unpaired) electrons. The highest BCUT2D eigenvalue weighted by molar-refractivity contribution is 5.99. The number of amides is 1. The molecule has 0 unspecified atom stereocenters. The molecule has 0 aromatic rings. The molecule has 0 rings (SSSR count). The Balaban J connectivity index is 4.28. The summed E-state index contributed by atoms with van der Waals surface area (Å²) in [5, 5.41) is 2.36. The van der Waals surface area contributed by atoms with Crippen LogP contribution in [0.5, 0.6) is 0 Å². The largest absolute Gasteiger partial charge is 0.466 e. The quantitative estimate of drug-likeness (QED) is 0.604. The summed E-state index contributed by atoms with van der Waals surface area (Å²) in [6, 6.07) is -0.777. The van der Waals surface area contributed by atoms with Gasteiger partial charge in [-0.1, -0.05) is 0 Å². The highest BCUT2D eigenvalue weighted by Gasteiger charge is 2.19. The van der Waals surface area contributed by atoms with E-state index in [4.69, 9.17) is 4.74 Å². The summed E-state index contributed by atoms with van der Waals surface area (Å²) in [6.07, 6.45) is 1.36. The molecule has 1 amide bonds. The minimum atomic E-state index is -0.777. The number of ketones is 1. The molecular weight excluding hydrogens is 238 g/mol. The monoisotopic (exact) mass is 257 g/mol. The number of rotatable bonds is 4. The predicted octanol–water partition coefficient (Wildman–Crippen LogP) is 1.20. The summed E-state index contributed by atoms with van der Waals surface area (Å²) in [5.41, 5.74) is -0.630. The number of nitrogens with one attached hydrogen (secondary N) is 1. The fraction of sp³-hybridized carbons (Fsp3) is 0.583. The van der Waals surface area contributed by atoms with Crippen LogP contribution in [0.25, 0.3) is 0 Å². The molecule has 1 atom stereocenters. The standard InChI is InChI=1S/C12H19NO5/c1-8(9(14)6-7-10(15)17-5)13-11(16)18-12(2,3)4/h6-8H,1-5H3,(H,13,16)/b7-6+/t8-/m0/s1. The number of methoxy groups -OCH3 is 1. The molecule has 0 bridgehead atoms. The van der Waals surface area contributed by atoms with Gasteiger partial charge in [-0.15, -0.1) is 0 Å². The summed E-state index contributed by atoms with van der Waals surface area (Å²) in [6.45, 7) is 6.65. The number of hydrogen-bond acceptors (Lipinski definition) is 5. The average molecular weight is 257 g/mol. The number of hydrogen-bond donors (Lipinski definition) is 1. The van der Waals surface area contributed by atoms with E-state index in [0.29, 0.717) is 0 Å². The first-order chi connectivity index (χ1) is 8.15. The molecule has 6 nitrogen and oxygen atoms in total. The maximum absolute atomic E-state index is 11.5. The first-order valence-electron chi connectivity index (χ1n) is 5.45. The Labute approximate surface area is 106 Å². The van der Waals surface area contributed by atoms with Gasteiger partial charge in [0.05, 0.1) is 13.2 Å². The summed E-state index contributed by atoms with van der Waals surface area (Å²) in [5.74, 6) is -1.06. The average Bonchev–Trinajstić information content (AvgIpc) is 2.22. The second-order valence-electron chi connectivity index (χ2n) is 4.63. The highest BCUT2D eigenvalue weighted by atomic mass is 16.6. The molecule has 18 heavy (non-hydrogen) atoms. The molecule has 1 N–H and O–H groups in total. The van der Waals surface area contributed by atoms with E-state index in [1.807, 2.05) is 0 Å². The molecule has 0 spiro atoms. The first kappa shape index (κ1) is 16.1. The van der Waals surface area contributed by atoms with E-state index in [2.05, 4.69) is 10.1 Å². The van der Waals surface area contributed by atoms with Gasteiger partial charge in [-0.2, -0.15) is 0 Å². The molecule has 0 aromatic heterocycles. The minimum Gasteiger partial charge on any atom is -0.466 e. The fourth-order valence-corrected chi connectivity index (χ4v) is 0.918. The lowest BCUT2D eigenvalue weighted by molar-refractivity contribution is -0.135. The third-order valence-corrected chi connectivity index (χ3v) is 1.74. The molecule has 0 aliphatic rings. The van der Waals surface area contributed by atoms with Gasteiger partial charge in [0.2, 0.25) is 0 Å². The van der Waals surface area contributed by atoms with Gasteiger partial charge in [-0.3, -0.25) is 4.79 Å². The van der Waals surface area contributed by atoms with Crippen LogP contribution in [0.1, 0.15) is 27.7 Å². The van der Waals surface area contributed by atoms with Gasteiger partial charge in [0, 0.05) is 6.08 Å². The topological polar surface area (TPSA) is 81.7 Å². The Morgan fingerprint density at radius 3 is 2.17 bits per heavy atom.